The molecule has 2 aliphatic rings. The second kappa shape index (κ2) is 7.81. The molecule has 7 nitrogen and oxygen atoms in total. The van der Waals surface area contributed by atoms with Crippen molar-refractivity contribution < 1.29 is 9.53 Å². The number of aromatic amines is 1. The summed E-state index contributed by atoms with van der Waals surface area (Å²) >= 11 is 0. The minimum absolute atomic E-state index is 0.0422. The van der Waals surface area contributed by atoms with Crippen molar-refractivity contribution in [2.45, 2.75) is 51.0 Å². The first kappa shape index (κ1) is 19.4. The summed E-state index contributed by atoms with van der Waals surface area (Å²) in [5, 5.41) is 8.23. The Morgan fingerprint density at radius 2 is 1.96 bits per heavy atom. The third-order valence-electron chi connectivity index (χ3n) is 6.39. The number of hydrogen-bond donors (Lipinski definition) is 1. The number of benzene rings is 1. The Labute approximate surface area is 166 Å². The van der Waals surface area contributed by atoms with Gasteiger partial charge in [-0.1, -0.05) is 18.2 Å². The maximum atomic E-state index is 13.6. The smallest absolute Gasteiger partial charge is 0.277 e. The highest BCUT2D eigenvalue weighted by Gasteiger charge is 2.43. The third-order valence-corrected chi connectivity index (χ3v) is 6.39. The Hall–Kier alpha value is -1.96. The first-order chi connectivity index (χ1) is 13.5. The van der Waals surface area contributed by atoms with Crippen LogP contribution in [0.1, 0.15) is 37.2 Å². The highest BCUT2D eigenvalue weighted by molar-refractivity contribution is 6.04. The molecule has 2 saturated heterocycles. The molecule has 0 aliphatic carbocycles. The number of H-pyrrole nitrogens is 1. The van der Waals surface area contributed by atoms with Crippen LogP contribution < -0.4 is 0 Å². The zero-order chi connectivity index (χ0) is 19.8. The molecule has 7 heteroatoms. The van der Waals surface area contributed by atoms with Gasteiger partial charge in [-0.3, -0.25) is 14.8 Å². The Morgan fingerprint density at radius 3 is 2.64 bits per heavy atom. The van der Waals surface area contributed by atoms with E-state index in [-0.39, 0.29) is 18.2 Å². The SMILES string of the molecule is CCOC(C)N(C(=O)c1n[nH]c2ccccc12)C1CC2CN(C)CC(C1)N2C. The number of para-hydroxylation sites is 1. The Bertz CT molecular complexity index is 821. The molecule has 0 spiro atoms. The van der Waals surface area contributed by atoms with Crippen LogP contribution in [0, 0.1) is 0 Å². The highest BCUT2D eigenvalue weighted by Crippen LogP contribution is 2.32. The quantitative estimate of drug-likeness (QED) is 0.799. The predicted molar refractivity (Wildman–Crippen MR) is 109 cm³/mol. The monoisotopic (exact) mass is 385 g/mol. The second-order valence-corrected chi connectivity index (χ2v) is 8.20. The third kappa shape index (κ3) is 3.43. The summed E-state index contributed by atoms with van der Waals surface area (Å²) in [5.74, 6) is -0.0422. The average Bonchev–Trinajstić information content (AvgIpc) is 3.08. The topological polar surface area (TPSA) is 64.7 Å². The van der Waals surface area contributed by atoms with E-state index < -0.39 is 0 Å². The van der Waals surface area contributed by atoms with Crippen LogP contribution in [0.4, 0.5) is 0 Å². The van der Waals surface area contributed by atoms with Gasteiger partial charge in [0.25, 0.3) is 5.91 Å². The lowest BCUT2D eigenvalue weighted by Crippen LogP contribution is -2.64. The van der Waals surface area contributed by atoms with Crippen molar-refractivity contribution in [1.29, 1.82) is 0 Å². The summed E-state index contributed by atoms with van der Waals surface area (Å²) < 4.78 is 5.90. The molecule has 1 aromatic carbocycles. The van der Waals surface area contributed by atoms with Gasteiger partial charge in [0.2, 0.25) is 0 Å². The number of likely N-dealkylation sites (tertiary alicyclic amines) is 1. The van der Waals surface area contributed by atoms with E-state index in [1.54, 1.807) is 0 Å². The number of piperidine rings is 1. The fraction of sp³-hybridized carbons (Fsp3) is 0.619. The lowest BCUT2D eigenvalue weighted by molar-refractivity contribution is -0.0791. The van der Waals surface area contributed by atoms with Gasteiger partial charge in [0.15, 0.2) is 5.69 Å². The molecule has 3 heterocycles. The molecule has 152 valence electrons. The molecule has 1 N–H and O–H groups in total. The molecule has 0 radical (unpaired) electrons. The van der Waals surface area contributed by atoms with Crippen molar-refractivity contribution in [2.24, 2.45) is 0 Å². The average molecular weight is 386 g/mol. The number of fused-ring (bicyclic) bond motifs is 3. The van der Waals surface area contributed by atoms with E-state index in [2.05, 4.69) is 34.1 Å². The van der Waals surface area contributed by atoms with Gasteiger partial charge in [-0.25, -0.2) is 0 Å². The standard InChI is InChI=1S/C21H31N5O2/c1-5-28-14(2)26(15-10-16-12-24(3)13-17(11-15)25(16)4)21(27)20-18-8-6-7-9-19(18)22-23-20/h6-9,14-17H,5,10-13H2,1-4H3,(H,22,23). The zero-order valence-corrected chi connectivity index (χ0v) is 17.3. The minimum Gasteiger partial charge on any atom is -0.359 e. The molecule has 2 aromatic rings. The van der Waals surface area contributed by atoms with Crippen LogP contribution in [0.3, 0.4) is 0 Å². The van der Waals surface area contributed by atoms with E-state index in [0.29, 0.717) is 24.4 Å². The maximum absolute atomic E-state index is 13.6. The summed E-state index contributed by atoms with van der Waals surface area (Å²) in [6, 6.07) is 8.87. The van der Waals surface area contributed by atoms with E-state index >= 15 is 0 Å². The van der Waals surface area contributed by atoms with Gasteiger partial charge in [-0.2, -0.15) is 5.10 Å². The fourth-order valence-corrected chi connectivity index (χ4v) is 4.98. The van der Waals surface area contributed by atoms with Crippen LogP contribution in [0.2, 0.25) is 0 Å². The molecule has 2 bridgehead atoms. The van der Waals surface area contributed by atoms with E-state index in [9.17, 15) is 4.79 Å². The number of likely N-dealkylation sites (N-methyl/N-ethyl adjacent to an activating group) is 2. The number of nitrogens with one attached hydrogen (secondary N) is 1. The first-order valence-corrected chi connectivity index (χ1v) is 10.3. The van der Waals surface area contributed by atoms with Gasteiger partial charge < -0.3 is 14.5 Å². The summed E-state index contributed by atoms with van der Waals surface area (Å²) in [5.41, 5.74) is 1.38. The number of nitrogens with zero attached hydrogens (tertiary/aromatic N) is 4. The van der Waals surface area contributed by atoms with Gasteiger partial charge >= 0.3 is 0 Å². The van der Waals surface area contributed by atoms with Gasteiger partial charge in [-0.15, -0.1) is 0 Å². The molecule has 1 aromatic heterocycles. The van der Waals surface area contributed by atoms with Gasteiger partial charge in [0.1, 0.15) is 6.23 Å². The van der Waals surface area contributed by atoms with Crippen LogP contribution in [0.15, 0.2) is 24.3 Å². The molecule has 2 fully saturated rings. The van der Waals surface area contributed by atoms with Gasteiger partial charge in [0, 0.05) is 43.2 Å². The number of piperazine rings is 1. The van der Waals surface area contributed by atoms with Crippen LogP contribution in [0.5, 0.6) is 0 Å². The molecule has 3 unspecified atom stereocenters. The molecular weight excluding hydrogens is 354 g/mol. The maximum Gasteiger partial charge on any atom is 0.277 e. The number of carbonyl (C=O) groups is 1. The number of amides is 1. The largest absolute Gasteiger partial charge is 0.359 e. The van der Waals surface area contributed by atoms with Crippen molar-refractivity contribution in [1.82, 2.24) is 24.9 Å². The Balaban J connectivity index is 1.65. The molecule has 1 amide bonds. The Morgan fingerprint density at radius 1 is 1.29 bits per heavy atom. The number of carbonyl (C=O) groups excluding carboxylic acids is 1. The molecular formula is C21H31N5O2. The van der Waals surface area contributed by atoms with Gasteiger partial charge in [-0.05, 0) is 46.9 Å². The number of hydrogen-bond acceptors (Lipinski definition) is 5. The van der Waals surface area contributed by atoms with E-state index in [1.165, 1.54) is 0 Å². The predicted octanol–water partition coefficient (Wildman–Crippen LogP) is 2.16. The normalized spacial score (nSPS) is 27.1. The molecule has 0 saturated carbocycles. The van der Waals surface area contributed by atoms with Crippen molar-refractivity contribution in [3.05, 3.63) is 30.0 Å². The summed E-state index contributed by atoms with van der Waals surface area (Å²) in [6.07, 6.45) is 1.64. The number of aromatic nitrogens is 2. The van der Waals surface area contributed by atoms with E-state index in [0.717, 1.165) is 36.8 Å². The molecule has 4 rings (SSSR count). The highest BCUT2D eigenvalue weighted by atomic mass is 16.5. The van der Waals surface area contributed by atoms with E-state index in [4.69, 9.17) is 4.74 Å². The van der Waals surface area contributed by atoms with Crippen LogP contribution >= 0.6 is 0 Å². The number of rotatable bonds is 5. The number of ether oxygens (including phenoxy) is 1. The minimum atomic E-state index is -0.278. The zero-order valence-electron chi connectivity index (χ0n) is 17.3. The summed E-state index contributed by atoms with van der Waals surface area (Å²) in [4.78, 5) is 20.5. The van der Waals surface area contributed by atoms with Crippen molar-refractivity contribution in [2.75, 3.05) is 33.8 Å². The fourth-order valence-electron chi connectivity index (χ4n) is 4.98. The van der Waals surface area contributed by atoms with Crippen LogP contribution in [-0.4, -0.2) is 88.9 Å². The summed E-state index contributed by atoms with van der Waals surface area (Å²) in [6.45, 7) is 6.62. The molecule has 28 heavy (non-hydrogen) atoms. The van der Waals surface area contributed by atoms with Crippen LogP contribution in [-0.2, 0) is 4.74 Å². The van der Waals surface area contributed by atoms with Crippen molar-refractivity contribution in [3.63, 3.8) is 0 Å². The molecule has 3 atom stereocenters. The van der Waals surface area contributed by atoms with Crippen LogP contribution in [0.25, 0.3) is 10.9 Å². The second-order valence-electron chi connectivity index (χ2n) is 8.20. The van der Waals surface area contributed by atoms with Gasteiger partial charge in [0.05, 0.1) is 5.52 Å². The van der Waals surface area contributed by atoms with E-state index in [1.807, 2.05) is 43.0 Å². The molecule has 2 aliphatic heterocycles. The summed E-state index contributed by atoms with van der Waals surface area (Å²) in [7, 11) is 4.41. The van der Waals surface area contributed by atoms with Crippen molar-refractivity contribution in [3.8, 4) is 0 Å². The van der Waals surface area contributed by atoms with Crippen molar-refractivity contribution >= 4 is 16.8 Å². The Kier molecular flexibility index (Phi) is 5.40. The lowest BCUT2D eigenvalue weighted by Gasteiger charge is -2.52. The lowest BCUT2D eigenvalue weighted by atomic mass is 9.87. The first-order valence-electron chi connectivity index (χ1n) is 10.3.